The molecular weight excluding hydrogens is 564 g/mol. The molecule has 0 radical (unpaired) electrons. The number of esters is 1. The zero-order chi connectivity index (χ0) is 31.1. The van der Waals surface area contributed by atoms with E-state index in [1.54, 1.807) is 23.1 Å². The summed E-state index contributed by atoms with van der Waals surface area (Å²) in [5.74, 6) is -1.27. The van der Waals surface area contributed by atoms with Crippen molar-refractivity contribution in [3.8, 4) is 5.75 Å². The number of carbonyl (C=O) groups is 4. The predicted octanol–water partition coefficient (Wildman–Crippen LogP) is 4.08. The van der Waals surface area contributed by atoms with Crippen molar-refractivity contribution in [3.63, 3.8) is 0 Å². The van der Waals surface area contributed by atoms with Gasteiger partial charge in [0.05, 0.1) is 12.3 Å². The maximum Gasteiger partial charge on any atom is 0.306 e. The SMILES string of the molecule is O=C(COc1cccc(C(=O)N/N=C/c2ccc(CN3C(=O)CC/C=C/CCC(=O)OC[C@@H]3c3ccccc3)cc2)c1)NO. The molecule has 1 aliphatic rings. The maximum absolute atomic E-state index is 13.4. The van der Waals surface area contributed by atoms with Crippen LogP contribution in [0.3, 0.4) is 0 Å². The molecule has 0 aliphatic carbocycles. The number of hydrazone groups is 1. The van der Waals surface area contributed by atoms with Crippen LogP contribution in [0.5, 0.6) is 5.75 Å². The van der Waals surface area contributed by atoms with E-state index in [0.717, 1.165) is 16.7 Å². The molecule has 0 fully saturated rings. The lowest BCUT2D eigenvalue weighted by atomic mass is 10.0. The van der Waals surface area contributed by atoms with Gasteiger partial charge in [0.15, 0.2) is 6.61 Å². The highest BCUT2D eigenvalue weighted by atomic mass is 16.5. The standard InChI is InChI=1S/C33H34N4O7/c38-30(36-42)23-43-28-12-8-11-27(19-28)33(41)35-34-20-24-15-17-25(18-16-24)21-37-29(26-9-4-3-5-10-26)22-44-32(40)14-7-2-1-6-13-31(37)39/h1-5,8-12,15-20,29,42H,6-7,13-14,21-23H2,(H,35,41)(H,36,38)/b2-1+,34-20+/t29-/m1/s1. The van der Waals surface area contributed by atoms with Gasteiger partial charge >= 0.3 is 5.97 Å². The van der Waals surface area contributed by atoms with Gasteiger partial charge in [-0.05, 0) is 47.7 Å². The first-order valence-corrected chi connectivity index (χ1v) is 14.2. The molecular formula is C33H34N4O7. The number of hydroxylamine groups is 1. The highest BCUT2D eigenvalue weighted by Crippen LogP contribution is 2.26. The van der Waals surface area contributed by atoms with Gasteiger partial charge in [0, 0.05) is 24.9 Å². The zero-order valence-corrected chi connectivity index (χ0v) is 24.1. The van der Waals surface area contributed by atoms with Crippen LogP contribution in [0.15, 0.2) is 96.1 Å². The molecule has 11 heteroatoms. The summed E-state index contributed by atoms with van der Waals surface area (Å²) in [5.41, 5.74) is 6.67. The Balaban J connectivity index is 1.42. The van der Waals surface area contributed by atoms with Crippen LogP contribution in [-0.4, -0.2) is 53.2 Å². The molecule has 228 valence electrons. The third-order valence-electron chi connectivity index (χ3n) is 6.79. The van der Waals surface area contributed by atoms with Crippen LogP contribution in [0.1, 0.15) is 58.8 Å². The molecule has 3 N–H and O–H groups in total. The highest BCUT2D eigenvalue weighted by Gasteiger charge is 2.27. The van der Waals surface area contributed by atoms with Crippen molar-refractivity contribution in [1.29, 1.82) is 0 Å². The van der Waals surface area contributed by atoms with Crippen molar-refractivity contribution in [3.05, 3.63) is 113 Å². The normalized spacial score (nSPS) is 16.8. The van der Waals surface area contributed by atoms with Gasteiger partial charge in [-0.1, -0.05) is 72.8 Å². The molecule has 3 aromatic carbocycles. The van der Waals surface area contributed by atoms with E-state index >= 15 is 0 Å². The molecule has 44 heavy (non-hydrogen) atoms. The van der Waals surface area contributed by atoms with E-state index in [1.807, 2.05) is 66.7 Å². The summed E-state index contributed by atoms with van der Waals surface area (Å²) in [7, 11) is 0. The predicted molar refractivity (Wildman–Crippen MR) is 162 cm³/mol. The van der Waals surface area contributed by atoms with E-state index in [2.05, 4.69) is 10.5 Å². The number of allylic oxidation sites excluding steroid dienone is 2. The largest absolute Gasteiger partial charge is 0.484 e. The summed E-state index contributed by atoms with van der Waals surface area (Å²) in [6.45, 7) is -0.0265. The number of amides is 3. The lowest BCUT2D eigenvalue weighted by molar-refractivity contribution is -0.149. The number of hydrogen-bond acceptors (Lipinski definition) is 8. The van der Waals surface area contributed by atoms with Gasteiger partial charge in [-0.3, -0.25) is 24.4 Å². The summed E-state index contributed by atoms with van der Waals surface area (Å²) < 4.78 is 10.8. The Bertz CT molecular complexity index is 1490. The number of nitrogens with one attached hydrogen (secondary N) is 2. The molecule has 3 aromatic rings. The van der Waals surface area contributed by atoms with Crippen LogP contribution in [-0.2, 0) is 25.7 Å². The fourth-order valence-corrected chi connectivity index (χ4v) is 4.49. The van der Waals surface area contributed by atoms with E-state index < -0.39 is 24.5 Å². The van der Waals surface area contributed by atoms with Gasteiger partial charge in [-0.2, -0.15) is 5.10 Å². The van der Waals surface area contributed by atoms with Gasteiger partial charge in [-0.25, -0.2) is 10.9 Å². The maximum atomic E-state index is 13.4. The minimum Gasteiger partial charge on any atom is -0.484 e. The van der Waals surface area contributed by atoms with Crippen LogP contribution < -0.4 is 15.6 Å². The molecule has 0 spiro atoms. The van der Waals surface area contributed by atoms with Crippen LogP contribution in [0.25, 0.3) is 0 Å². The van der Waals surface area contributed by atoms with E-state index in [1.165, 1.54) is 17.8 Å². The molecule has 0 bridgehead atoms. The first kappa shape index (κ1) is 31.6. The quantitative estimate of drug-likeness (QED) is 0.111. The molecule has 0 saturated carbocycles. The topological polar surface area (TPSA) is 147 Å². The summed E-state index contributed by atoms with van der Waals surface area (Å²) in [5, 5.41) is 12.6. The number of nitrogens with zero attached hydrogens (tertiary/aromatic N) is 2. The Morgan fingerprint density at radius 2 is 1.73 bits per heavy atom. The minimum atomic E-state index is -0.723. The van der Waals surface area contributed by atoms with Crippen LogP contribution in [0, 0.1) is 0 Å². The van der Waals surface area contributed by atoms with Crippen molar-refractivity contribution in [2.75, 3.05) is 13.2 Å². The number of hydrogen-bond donors (Lipinski definition) is 3. The minimum absolute atomic E-state index is 0.0420. The lowest BCUT2D eigenvalue weighted by Gasteiger charge is -2.32. The van der Waals surface area contributed by atoms with Crippen molar-refractivity contribution < 1.29 is 33.9 Å². The molecule has 0 unspecified atom stereocenters. The Labute approximate surface area is 255 Å². The van der Waals surface area contributed by atoms with Gasteiger partial charge in [0.25, 0.3) is 11.8 Å². The molecule has 11 nitrogen and oxygen atoms in total. The van der Waals surface area contributed by atoms with Crippen LogP contribution in [0.4, 0.5) is 0 Å². The fourth-order valence-electron chi connectivity index (χ4n) is 4.49. The second-order valence-corrected chi connectivity index (χ2v) is 9.97. The number of carbonyl (C=O) groups excluding carboxylic acids is 4. The van der Waals surface area contributed by atoms with Crippen LogP contribution >= 0.6 is 0 Å². The third kappa shape index (κ3) is 9.63. The van der Waals surface area contributed by atoms with Gasteiger partial charge in [0.2, 0.25) is 5.91 Å². The first-order chi connectivity index (χ1) is 21.4. The van der Waals surface area contributed by atoms with Crippen molar-refractivity contribution >= 4 is 29.9 Å². The van der Waals surface area contributed by atoms with Crippen molar-refractivity contribution in [2.45, 2.75) is 38.3 Å². The molecule has 1 aliphatic heterocycles. The van der Waals surface area contributed by atoms with Gasteiger partial charge in [0.1, 0.15) is 12.4 Å². The van der Waals surface area contributed by atoms with E-state index in [4.69, 9.17) is 14.7 Å². The Morgan fingerprint density at radius 1 is 0.977 bits per heavy atom. The molecule has 4 rings (SSSR count). The first-order valence-electron chi connectivity index (χ1n) is 14.2. The summed E-state index contributed by atoms with van der Waals surface area (Å²) in [6.07, 6.45) is 7.14. The summed E-state index contributed by atoms with van der Waals surface area (Å²) in [4.78, 5) is 51.2. The third-order valence-corrected chi connectivity index (χ3v) is 6.79. The second-order valence-electron chi connectivity index (χ2n) is 9.97. The van der Waals surface area contributed by atoms with E-state index in [9.17, 15) is 19.2 Å². The zero-order valence-electron chi connectivity index (χ0n) is 24.1. The molecule has 0 saturated heterocycles. The Morgan fingerprint density at radius 3 is 2.48 bits per heavy atom. The van der Waals surface area contributed by atoms with Gasteiger partial charge < -0.3 is 14.4 Å². The molecule has 1 heterocycles. The fraction of sp³-hybridized carbons (Fsp3) is 0.242. The van der Waals surface area contributed by atoms with Crippen molar-refractivity contribution in [1.82, 2.24) is 15.8 Å². The van der Waals surface area contributed by atoms with E-state index in [0.29, 0.717) is 32.2 Å². The number of ether oxygens (including phenoxy) is 2. The van der Waals surface area contributed by atoms with Crippen LogP contribution in [0.2, 0.25) is 0 Å². The van der Waals surface area contributed by atoms with Crippen molar-refractivity contribution in [2.24, 2.45) is 5.10 Å². The summed E-state index contributed by atoms with van der Waals surface area (Å²) >= 11 is 0. The average molecular weight is 599 g/mol. The molecule has 3 amide bonds. The number of cyclic esters (lactones) is 1. The Hall–Kier alpha value is -5.29. The number of rotatable bonds is 9. The Kier molecular flexibility index (Phi) is 11.8. The lowest BCUT2D eigenvalue weighted by Crippen LogP contribution is -2.37. The highest BCUT2D eigenvalue weighted by molar-refractivity contribution is 5.95. The molecule has 1 atom stereocenters. The number of benzene rings is 3. The summed E-state index contributed by atoms with van der Waals surface area (Å²) in [6, 6.07) is 22.7. The van der Waals surface area contributed by atoms with Gasteiger partial charge in [-0.15, -0.1) is 0 Å². The monoisotopic (exact) mass is 598 g/mol. The van der Waals surface area contributed by atoms with E-state index in [-0.39, 0.29) is 29.8 Å². The second kappa shape index (κ2) is 16.4. The smallest absolute Gasteiger partial charge is 0.306 e. The molecule has 0 aromatic heterocycles. The average Bonchev–Trinajstić information content (AvgIpc) is 3.05.